The molecule has 1 heterocycles. The molecule has 3 nitrogen and oxygen atoms in total. The van der Waals surface area contributed by atoms with Crippen LogP contribution in [0.5, 0.6) is 0 Å². The minimum Gasteiger partial charge on any atom is -0.341 e. The lowest BCUT2D eigenvalue weighted by atomic mass is 10.2. The van der Waals surface area contributed by atoms with Gasteiger partial charge in [-0.25, -0.2) is 0 Å². The van der Waals surface area contributed by atoms with Crippen molar-refractivity contribution in [3.63, 3.8) is 0 Å². The third-order valence-corrected chi connectivity index (χ3v) is 4.31. The fraction of sp³-hybridized carbons (Fsp3) is 0.188. The monoisotopic (exact) mass is 370 g/mol. The number of benzene rings is 1. The molecular weight excluding hydrogens is 357 g/mol. The predicted molar refractivity (Wildman–Crippen MR) is 93.2 cm³/mol. The van der Waals surface area contributed by atoms with Gasteiger partial charge in [-0.1, -0.05) is 30.0 Å². The van der Waals surface area contributed by atoms with Crippen molar-refractivity contribution in [1.29, 1.82) is 0 Å². The Hall–Kier alpha value is -1.93. The summed E-state index contributed by atoms with van der Waals surface area (Å²) in [4.78, 5) is 15.2. The van der Waals surface area contributed by atoms with Crippen LogP contribution in [0.2, 0.25) is 0 Å². The first-order valence-corrected chi connectivity index (χ1v) is 8.22. The fourth-order valence-corrected chi connectivity index (χ4v) is 2.72. The summed E-state index contributed by atoms with van der Waals surface area (Å²) in [7, 11) is 0. The van der Waals surface area contributed by atoms with E-state index in [0.717, 1.165) is 17.7 Å². The maximum Gasteiger partial charge on any atom is 0.416 e. The molecular formula is C16H13F3N2OS2. The molecule has 0 saturated heterocycles. The average molecular weight is 370 g/mol. The summed E-state index contributed by atoms with van der Waals surface area (Å²) in [5.74, 6) is 0.436. The standard InChI is InChI=1S/C16H13F3N2OS2/c1-10(22)14-7-2-11(8-20-14)9-24-15(23)21-13-5-3-12(4-6-13)16(17,18)19/h2-8H,9H2,1H3,(H,21,23). The number of nitrogens with one attached hydrogen (secondary N) is 1. The van der Waals surface area contributed by atoms with Crippen molar-refractivity contribution in [2.75, 3.05) is 5.32 Å². The van der Waals surface area contributed by atoms with Crippen LogP contribution < -0.4 is 5.32 Å². The number of anilines is 1. The fourth-order valence-electron chi connectivity index (χ4n) is 1.76. The van der Waals surface area contributed by atoms with Gasteiger partial charge in [0.1, 0.15) is 10.0 Å². The first kappa shape index (κ1) is 18.4. The third-order valence-electron chi connectivity index (χ3n) is 3.01. The van der Waals surface area contributed by atoms with Gasteiger partial charge in [-0.2, -0.15) is 13.2 Å². The number of hydrogen-bond acceptors (Lipinski definition) is 4. The zero-order valence-electron chi connectivity index (χ0n) is 12.6. The van der Waals surface area contributed by atoms with Crippen molar-refractivity contribution in [3.8, 4) is 0 Å². The first-order chi connectivity index (χ1) is 11.3. The van der Waals surface area contributed by atoms with Crippen LogP contribution in [0.3, 0.4) is 0 Å². The molecule has 0 saturated carbocycles. The minimum atomic E-state index is -4.35. The van der Waals surface area contributed by atoms with E-state index in [-0.39, 0.29) is 5.78 Å². The molecule has 8 heteroatoms. The molecule has 0 unspecified atom stereocenters. The lowest BCUT2D eigenvalue weighted by Crippen LogP contribution is -2.07. The summed E-state index contributed by atoms with van der Waals surface area (Å²) in [5, 5.41) is 2.87. The van der Waals surface area contributed by atoms with Crippen molar-refractivity contribution in [1.82, 2.24) is 4.98 Å². The Morgan fingerprint density at radius 1 is 1.21 bits per heavy atom. The van der Waals surface area contributed by atoms with E-state index in [9.17, 15) is 18.0 Å². The van der Waals surface area contributed by atoms with Crippen molar-refractivity contribution < 1.29 is 18.0 Å². The number of hydrogen-bond donors (Lipinski definition) is 1. The molecule has 2 aromatic rings. The predicted octanol–water partition coefficient (Wildman–Crippen LogP) is 4.93. The van der Waals surface area contributed by atoms with E-state index >= 15 is 0 Å². The smallest absolute Gasteiger partial charge is 0.341 e. The number of thiocarbonyl (C=S) groups is 1. The molecule has 0 aliphatic carbocycles. The molecule has 0 radical (unpaired) electrons. The lowest BCUT2D eigenvalue weighted by Gasteiger charge is -2.10. The van der Waals surface area contributed by atoms with Gasteiger partial charge in [0.05, 0.1) is 5.56 Å². The van der Waals surface area contributed by atoms with Gasteiger partial charge in [0.15, 0.2) is 5.78 Å². The highest BCUT2D eigenvalue weighted by Crippen LogP contribution is 2.30. The number of alkyl halides is 3. The van der Waals surface area contributed by atoms with Gasteiger partial charge in [-0.05, 0) is 35.9 Å². The van der Waals surface area contributed by atoms with Crippen LogP contribution in [0.15, 0.2) is 42.6 Å². The molecule has 24 heavy (non-hydrogen) atoms. The Kier molecular flexibility index (Phi) is 5.95. The van der Waals surface area contributed by atoms with Crippen molar-refractivity contribution >= 4 is 39.8 Å². The van der Waals surface area contributed by atoms with Crippen LogP contribution in [0.25, 0.3) is 0 Å². The number of ketones is 1. The number of carbonyl (C=O) groups excluding carboxylic acids is 1. The normalized spacial score (nSPS) is 11.2. The van der Waals surface area contributed by atoms with Gasteiger partial charge in [0, 0.05) is 24.6 Å². The first-order valence-electron chi connectivity index (χ1n) is 6.82. The second-order valence-electron chi connectivity index (χ2n) is 4.88. The molecule has 0 aliphatic rings. The molecule has 126 valence electrons. The summed E-state index contributed by atoms with van der Waals surface area (Å²) in [6.45, 7) is 1.44. The van der Waals surface area contributed by atoms with E-state index in [4.69, 9.17) is 12.2 Å². The van der Waals surface area contributed by atoms with Crippen LogP contribution in [0.4, 0.5) is 18.9 Å². The molecule has 0 amide bonds. The Morgan fingerprint density at radius 3 is 2.38 bits per heavy atom. The van der Waals surface area contributed by atoms with Gasteiger partial charge in [0.2, 0.25) is 0 Å². The van der Waals surface area contributed by atoms with E-state index in [2.05, 4.69) is 10.3 Å². The van der Waals surface area contributed by atoms with Gasteiger partial charge >= 0.3 is 6.18 Å². The number of aromatic nitrogens is 1. The summed E-state index contributed by atoms with van der Waals surface area (Å²) >= 11 is 6.49. The Morgan fingerprint density at radius 2 is 1.88 bits per heavy atom. The third kappa shape index (κ3) is 5.31. The number of rotatable bonds is 4. The number of nitrogens with zero attached hydrogens (tertiary/aromatic N) is 1. The van der Waals surface area contributed by atoms with Crippen LogP contribution in [-0.2, 0) is 11.9 Å². The highest BCUT2D eigenvalue weighted by molar-refractivity contribution is 8.22. The van der Waals surface area contributed by atoms with Gasteiger partial charge in [-0.15, -0.1) is 0 Å². The van der Waals surface area contributed by atoms with Gasteiger partial charge in [-0.3, -0.25) is 9.78 Å². The highest BCUT2D eigenvalue weighted by Gasteiger charge is 2.29. The van der Waals surface area contributed by atoms with Crippen LogP contribution in [-0.4, -0.2) is 15.1 Å². The number of Topliss-reactive ketones (excluding diaryl/α,β-unsaturated/α-hetero) is 1. The summed E-state index contributed by atoms with van der Waals surface area (Å²) in [5.41, 5.74) is 1.07. The maximum atomic E-state index is 12.5. The van der Waals surface area contributed by atoms with Crippen molar-refractivity contribution in [2.45, 2.75) is 18.9 Å². The zero-order valence-corrected chi connectivity index (χ0v) is 14.2. The van der Waals surface area contributed by atoms with E-state index < -0.39 is 11.7 Å². The number of carbonyl (C=O) groups is 1. The van der Waals surface area contributed by atoms with Crippen LogP contribution in [0, 0.1) is 0 Å². The van der Waals surface area contributed by atoms with Gasteiger partial charge in [0.25, 0.3) is 0 Å². The Bertz CT molecular complexity index is 728. The minimum absolute atomic E-state index is 0.103. The molecule has 0 fully saturated rings. The van der Waals surface area contributed by atoms with Crippen molar-refractivity contribution in [3.05, 3.63) is 59.4 Å². The Labute approximate surface area is 146 Å². The molecule has 1 aromatic carbocycles. The summed E-state index contributed by atoms with van der Waals surface area (Å²) in [6.07, 6.45) is -2.75. The van der Waals surface area contributed by atoms with E-state index in [0.29, 0.717) is 21.5 Å². The van der Waals surface area contributed by atoms with Gasteiger partial charge < -0.3 is 5.32 Å². The summed E-state index contributed by atoms with van der Waals surface area (Å²) in [6, 6.07) is 8.10. The SMILES string of the molecule is CC(=O)c1ccc(CSC(=S)Nc2ccc(C(F)(F)F)cc2)cn1. The lowest BCUT2D eigenvalue weighted by molar-refractivity contribution is -0.137. The second kappa shape index (κ2) is 7.76. The van der Waals surface area contributed by atoms with E-state index in [1.165, 1.54) is 30.8 Å². The second-order valence-corrected chi connectivity index (χ2v) is 6.54. The van der Waals surface area contributed by atoms with Crippen molar-refractivity contribution in [2.24, 2.45) is 0 Å². The Balaban J connectivity index is 1.88. The largest absolute Gasteiger partial charge is 0.416 e. The van der Waals surface area contributed by atoms with E-state index in [1.807, 2.05) is 0 Å². The number of pyridine rings is 1. The molecule has 0 atom stereocenters. The topological polar surface area (TPSA) is 42.0 Å². The molecule has 0 aliphatic heterocycles. The molecule has 1 N–H and O–H groups in total. The molecule has 0 spiro atoms. The van der Waals surface area contributed by atoms with E-state index in [1.54, 1.807) is 18.3 Å². The van der Waals surface area contributed by atoms with Crippen LogP contribution >= 0.6 is 24.0 Å². The maximum absolute atomic E-state index is 12.5. The number of halogens is 3. The molecule has 1 aromatic heterocycles. The zero-order chi connectivity index (χ0) is 17.7. The number of thioether (sulfide) groups is 1. The molecule has 0 bridgehead atoms. The quantitative estimate of drug-likeness (QED) is 0.610. The summed E-state index contributed by atoms with van der Waals surface area (Å²) < 4.78 is 37.9. The average Bonchev–Trinajstić information content (AvgIpc) is 2.53. The molecule has 2 rings (SSSR count). The highest BCUT2D eigenvalue weighted by atomic mass is 32.2. The van der Waals surface area contributed by atoms with Crippen LogP contribution in [0.1, 0.15) is 28.5 Å².